The Kier molecular flexibility index (Phi) is 12.2. The predicted molar refractivity (Wildman–Crippen MR) is 175 cm³/mol. The van der Waals surface area contributed by atoms with Crippen molar-refractivity contribution in [3.8, 4) is 5.75 Å². The highest BCUT2D eigenvalue weighted by Crippen LogP contribution is 2.19. The van der Waals surface area contributed by atoms with E-state index in [0.717, 1.165) is 35.6 Å². The van der Waals surface area contributed by atoms with Gasteiger partial charge in [0.25, 0.3) is 5.91 Å². The summed E-state index contributed by atoms with van der Waals surface area (Å²) in [7, 11) is -2.20. The largest absolute Gasteiger partial charge is 0.497 e. The third-order valence-electron chi connectivity index (χ3n) is 7.27. The number of aliphatic hydroxyl groups is 1. The van der Waals surface area contributed by atoms with Crippen LogP contribution in [-0.2, 0) is 34.2 Å². The fraction of sp³-hybridized carbons (Fsp3) is 0.257. The molecule has 0 aliphatic rings. The summed E-state index contributed by atoms with van der Waals surface area (Å²) in [5.74, 6) is -1.64. The maximum atomic E-state index is 14.0. The number of halogens is 2. The van der Waals surface area contributed by atoms with Crippen LogP contribution in [0, 0.1) is 11.6 Å². The molecule has 248 valence electrons. The molecule has 12 heteroatoms. The highest BCUT2D eigenvalue weighted by Gasteiger charge is 2.24. The zero-order valence-electron chi connectivity index (χ0n) is 26.2. The molecule has 9 nitrogen and oxygen atoms in total. The van der Waals surface area contributed by atoms with Crippen LogP contribution in [-0.4, -0.2) is 57.2 Å². The van der Waals surface area contributed by atoms with Crippen LogP contribution in [0.5, 0.6) is 5.75 Å². The number of methoxy groups -OCH3 is 1. The molecule has 0 bridgehead atoms. The van der Waals surface area contributed by atoms with Crippen molar-refractivity contribution >= 4 is 21.5 Å². The summed E-state index contributed by atoms with van der Waals surface area (Å²) in [4.78, 5) is 19.0. The van der Waals surface area contributed by atoms with E-state index in [-0.39, 0.29) is 35.6 Å². The molecule has 4 aromatic rings. The number of nitrogens with one attached hydrogen (secondary N) is 2. The third kappa shape index (κ3) is 10.7. The average Bonchev–Trinajstić information content (AvgIpc) is 3.03. The van der Waals surface area contributed by atoms with Gasteiger partial charge in [-0.15, -0.1) is 0 Å². The first kappa shape index (κ1) is 35.2. The van der Waals surface area contributed by atoms with Crippen molar-refractivity contribution in [1.29, 1.82) is 0 Å². The molecule has 0 fully saturated rings. The second-order valence-electron chi connectivity index (χ2n) is 11.1. The van der Waals surface area contributed by atoms with Gasteiger partial charge in [-0.2, -0.15) is 0 Å². The van der Waals surface area contributed by atoms with Gasteiger partial charge in [0.05, 0.1) is 29.9 Å². The van der Waals surface area contributed by atoms with Gasteiger partial charge < -0.3 is 25.3 Å². The summed E-state index contributed by atoms with van der Waals surface area (Å²) in [6.07, 6.45) is -0.303. The van der Waals surface area contributed by atoms with E-state index >= 15 is 0 Å². The summed E-state index contributed by atoms with van der Waals surface area (Å²) in [6.45, 7) is 2.18. The molecule has 0 radical (unpaired) electrons. The second-order valence-corrected chi connectivity index (χ2v) is 13.1. The molecule has 4 rings (SSSR count). The van der Waals surface area contributed by atoms with Crippen molar-refractivity contribution < 1.29 is 36.7 Å². The highest BCUT2D eigenvalue weighted by molar-refractivity contribution is 7.90. The molecular formula is C35H37F2N3O6S. The van der Waals surface area contributed by atoms with Crippen LogP contribution in [0.2, 0.25) is 0 Å². The molecule has 3 N–H and O–H groups in total. The van der Waals surface area contributed by atoms with Gasteiger partial charge in [0.1, 0.15) is 24.0 Å². The Morgan fingerprint density at radius 2 is 1.57 bits per heavy atom. The van der Waals surface area contributed by atoms with Crippen LogP contribution in [0.15, 0.2) is 101 Å². The quantitative estimate of drug-likeness (QED) is 0.123. The fourth-order valence-corrected chi connectivity index (χ4v) is 5.47. The van der Waals surface area contributed by atoms with Gasteiger partial charge in [0.2, 0.25) is 0 Å². The van der Waals surface area contributed by atoms with E-state index in [2.05, 4.69) is 15.8 Å². The molecule has 4 aromatic carbocycles. The molecule has 0 unspecified atom stereocenters. The van der Waals surface area contributed by atoms with E-state index in [1.165, 1.54) is 18.2 Å². The number of aliphatic hydroxyl groups excluding tert-OH is 1. The van der Waals surface area contributed by atoms with Gasteiger partial charge in [-0.3, -0.25) is 4.79 Å². The van der Waals surface area contributed by atoms with Gasteiger partial charge in [0, 0.05) is 36.5 Å². The lowest BCUT2D eigenvalue weighted by Gasteiger charge is -2.25. The molecule has 0 spiro atoms. The normalized spacial score (nSPS) is 13.1. The van der Waals surface area contributed by atoms with Crippen molar-refractivity contribution in [3.05, 3.63) is 130 Å². The monoisotopic (exact) mass is 665 g/mol. The summed E-state index contributed by atoms with van der Waals surface area (Å²) in [5.41, 5.74) is 2.62. The van der Waals surface area contributed by atoms with Crippen LogP contribution in [0.25, 0.3) is 0 Å². The van der Waals surface area contributed by atoms with Crippen LogP contribution in [0.4, 0.5) is 8.78 Å². The highest BCUT2D eigenvalue weighted by atomic mass is 32.2. The number of hydrogen-bond acceptors (Lipinski definition) is 8. The third-order valence-corrected chi connectivity index (χ3v) is 8.36. The topological polar surface area (TPSA) is 126 Å². The Labute approximate surface area is 273 Å². The van der Waals surface area contributed by atoms with Gasteiger partial charge in [-0.1, -0.05) is 47.6 Å². The van der Waals surface area contributed by atoms with Gasteiger partial charge >= 0.3 is 0 Å². The Hall–Kier alpha value is -4.65. The van der Waals surface area contributed by atoms with Crippen molar-refractivity contribution in [2.24, 2.45) is 5.16 Å². The van der Waals surface area contributed by atoms with Gasteiger partial charge in [-0.05, 0) is 72.5 Å². The minimum absolute atomic E-state index is 0.0130. The maximum absolute atomic E-state index is 14.0. The Morgan fingerprint density at radius 3 is 2.26 bits per heavy atom. The molecule has 0 aliphatic heterocycles. The predicted octanol–water partition coefficient (Wildman–Crippen LogP) is 4.81. The first-order chi connectivity index (χ1) is 22.4. The average molecular weight is 666 g/mol. The van der Waals surface area contributed by atoms with E-state index in [9.17, 15) is 27.1 Å². The number of benzene rings is 4. The number of nitrogens with zero attached hydrogens (tertiary/aromatic N) is 1. The van der Waals surface area contributed by atoms with E-state index in [1.807, 2.05) is 48.5 Å². The van der Waals surface area contributed by atoms with Crippen LogP contribution in [0.3, 0.4) is 0 Å². The van der Waals surface area contributed by atoms with E-state index in [4.69, 9.17) is 9.57 Å². The zero-order valence-corrected chi connectivity index (χ0v) is 27.1. The number of carbonyl (C=O) groups excluding carboxylic acids is 1. The molecule has 47 heavy (non-hydrogen) atoms. The minimum Gasteiger partial charge on any atom is -0.497 e. The lowest BCUT2D eigenvalue weighted by molar-refractivity contribution is 0.0829. The number of oxime groups is 1. The number of hydrogen-bond donors (Lipinski definition) is 3. The minimum atomic E-state index is -3.75. The van der Waals surface area contributed by atoms with Crippen LogP contribution >= 0.6 is 0 Å². The lowest BCUT2D eigenvalue weighted by atomic mass is 9.99. The van der Waals surface area contributed by atoms with Crippen molar-refractivity contribution in [2.75, 3.05) is 19.9 Å². The molecule has 0 aromatic heterocycles. The Balaban J connectivity index is 1.56. The van der Waals surface area contributed by atoms with E-state index < -0.39 is 39.5 Å². The SMILES string of the molecule is COc1cccc(CNC[C@@H](O)[C@H](Cc2cc(F)cc(F)c2)NC(=O)c2cc(C(C)=NOCc3ccccc3)cc(S(C)(=O)=O)c2)c1. The van der Waals surface area contributed by atoms with Gasteiger partial charge in [0.15, 0.2) is 9.84 Å². The standard InChI is InChI=1S/C35H37F2N3O6S/c1-23(40-46-22-24-8-5-4-6-9-24)27-16-28(18-32(17-27)47(3,43)44)35(42)39-33(15-26-12-29(36)19-30(37)13-26)34(41)21-38-20-25-10-7-11-31(14-25)45-2/h4-14,16-19,33-34,38,41H,15,20-22H2,1-3H3,(H,39,42)/t33-,34+/m0/s1. The Bertz CT molecular complexity index is 1800. The van der Waals surface area contributed by atoms with E-state index in [0.29, 0.717) is 23.6 Å². The fourth-order valence-electron chi connectivity index (χ4n) is 4.79. The first-order valence-corrected chi connectivity index (χ1v) is 16.6. The van der Waals surface area contributed by atoms with Gasteiger partial charge in [-0.25, -0.2) is 17.2 Å². The number of rotatable bonds is 15. The van der Waals surface area contributed by atoms with Crippen LogP contribution < -0.4 is 15.4 Å². The Morgan fingerprint density at radius 1 is 0.894 bits per heavy atom. The summed E-state index contributed by atoms with van der Waals surface area (Å²) < 4.78 is 58.4. The molecule has 2 atom stereocenters. The molecule has 0 saturated carbocycles. The molecule has 1 amide bonds. The second kappa shape index (κ2) is 16.3. The lowest BCUT2D eigenvalue weighted by Crippen LogP contribution is -2.48. The zero-order chi connectivity index (χ0) is 34.0. The molecule has 0 heterocycles. The van der Waals surface area contributed by atoms with Crippen molar-refractivity contribution in [3.63, 3.8) is 0 Å². The number of amides is 1. The number of carbonyl (C=O) groups is 1. The molecular weight excluding hydrogens is 628 g/mol. The van der Waals surface area contributed by atoms with Crippen molar-refractivity contribution in [2.45, 2.75) is 43.5 Å². The van der Waals surface area contributed by atoms with Crippen LogP contribution in [0.1, 0.15) is 39.5 Å². The molecule has 0 aliphatic carbocycles. The summed E-state index contributed by atoms with van der Waals surface area (Å²) in [5, 5.41) is 21.1. The first-order valence-electron chi connectivity index (χ1n) is 14.7. The summed E-state index contributed by atoms with van der Waals surface area (Å²) >= 11 is 0. The summed E-state index contributed by atoms with van der Waals surface area (Å²) in [6, 6.07) is 22.7. The smallest absolute Gasteiger partial charge is 0.251 e. The van der Waals surface area contributed by atoms with Crippen molar-refractivity contribution in [1.82, 2.24) is 10.6 Å². The number of ether oxygens (including phenoxy) is 1. The molecule has 0 saturated heterocycles. The maximum Gasteiger partial charge on any atom is 0.251 e. The number of sulfone groups is 1. The van der Waals surface area contributed by atoms with E-state index in [1.54, 1.807) is 20.1 Å².